The van der Waals surface area contributed by atoms with E-state index >= 15 is 0 Å². The van der Waals surface area contributed by atoms with Crippen LogP contribution in [0.5, 0.6) is 0 Å². The van der Waals surface area contributed by atoms with Gasteiger partial charge in [0.25, 0.3) is 0 Å². The standard InChI is InChI=1S/C13H20ClN5/c1-4-6-13(3,7-5-2)19-8-16-9-10(15)17-12(14)18-11(9)19/h8H,4-7H2,1-3H3,(H2,15,17,18). The molecule has 2 N–H and O–H groups in total. The van der Waals surface area contributed by atoms with Crippen molar-refractivity contribution < 1.29 is 0 Å². The number of aromatic nitrogens is 4. The Labute approximate surface area is 118 Å². The van der Waals surface area contributed by atoms with E-state index < -0.39 is 0 Å². The number of nitrogens with two attached hydrogens (primary N) is 1. The second kappa shape index (κ2) is 5.33. The monoisotopic (exact) mass is 281 g/mol. The van der Waals surface area contributed by atoms with Crippen LogP contribution in [0.2, 0.25) is 5.28 Å². The van der Waals surface area contributed by atoms with Gasteiger partial charge in [0.05, 0.1) is 6.33 Å². The van der Waals surface area contributed by atoms with Crippen LogP contribution in [0.1, 0.15) is 46.5 Å². The van der Waals surface area contributed by atoms with Crippen molar-refractivity contribution in [1.29, 1.82) is 0 Å². The lowest BCUT2D eigenvalue weighted by atomic mass is 9.90. The Bertz CT molecular complexity index is 572. The molecular formula is C13H20ClN5. The number of imidazole rings is 1. The molecular weight excluding hydrogens is 262 g/mol. The molecule has 0 spiro atoms. The van der Waals surface area contributed by atoms with Gasteiger partial charge in [-0.05, 0) is 31.4 Å². The second-order valence-corrected chi connectivity index (χ2v) is 5.50. The first-order valence-electron chi connectivity index (χ1n) is 6.68. The van der Waals surface area contributed by atoms with Gasteiger partial charge in [-0.2, -0.15) is 9.97 Å². The molecule has 5 nitrogen and oxygen atoms in total. The van der Waals surface area contributed by atoms with E-state index in [1.807, 2.05) is 0 Å². The molecule has 2 heterocycles. The second-order valence-electron chi connectivity index (χ2n) is 5.16. The largest absolute Gasteiger partial charge is 0.382 e. The van der Waals surface area contributed by atoms with E-state index in [-0.39, 0.29) is 10.8 Å². The van der Waals surface area contributed by atoms with Gasteiger partial charge < -0.3 is 10.3 Å². The molecule has 0 aliphatic heterocycles. The van der Waals surface area contributed by atoms with Gasteiger partial charge in [-0.1, -0.05) is 26.7 Å². The van der Waals surface area contributed by atoms with E-state index in [0.29, 0.717) is 11.3 Å². The molecule has 0 aromatic carbocycles. The highest BCUT2D eigenvalue weighted by atomic mass is 35.5. The van der Waals surface area contributed by atoms with Crippen LogP contribution in [-0.2, 0) is 5.54 Å². The molecule has 6 heteroatoms. The fourth-order valence-electron chi connectivity index (χ4n) is 2.73. The predicted molar refractivity (Wildman–Crippen MR) is 78.2 cm³/mol. The maximum atomic E-state index is 5.91. The third-order valence-corrected chi connectivity index (χ3v) is 3.72. The van der Waals surface area contributed by atoms with E-state index in [0.717, 1.165) is 31.3 Å². The fraction of sp³-hybridized carbons (Fsp3) is 0.615. The third kappa shape index (κ3) is 2.52. The van der Waals surface area contributed by atoms with Gasteiger partial charge in [-0.3, -0.25) is 0 Å². The van der Waals surface area contributed by atoms with Crippen LogP contribution >= 0.6 is 11.6 Å². The number of hydrogen-bond acceptors (Lipinski definition) is 4. The Morgan fingerprint density at radius 1 is 1.26 bits per heavy atom. The molecule has 19 heavy (non-hydrogen) atoms. The van der Waals surface area contributed by atoms with Gasteiger partial charge >= 0.3 is 0 Å². The van der Waals surface area contributed by atoms with Crippen molar-refractivity contribution in [3.63, 3.8) is 0 Å². The van der Waals surface area contributed by atoms with Crippen molar-refractivity contribution in [3.05, 3.63) is 11.6 Å². The van der Waals surface area contributed by atoms with Crippen LogP contribution < -0.4 is 5.73 Å². The van der Waals surface area contributed by atoms with Crippen molar-refractivity contribution in [2.24, 2.45) is 0 Å². The Morgan fingerprint density at radius 2 is 1.89 bits per heavy atom. The van der Waals surface area contributed by atoms with Crippen molar-refractivity contribution >= 4 is 28.6 Å². The molecule has 0 fully saturated rings. The summed E-state index contributed by atoms with van der Waals surface area (Å²) in [6.07, 6.45) is 6.13. The summed E-state index contributed by atoms with van der Waals surface area (Å²) in [6, 6.07) is 0. The summed E-state index contributed by atoms with van der Waals surface area (Å²) in [6.45, 7) is 6.60. The molecule has 0 saturated heterocycles. The zero-order valence-electron chi connectivity index (χ0n) is 11.6. The molecule has 0 saturated carbocycles. The van der Waals surface area contributed by atoms with Crippen LogP contribution in [0.3, 0.4) is 0 Å². The van der Waals surface area contributed by atoms with Gasteiger partial charge in [-0.25, -0.2) is 4.98 Å². The summed E-state index contributed by atoms with van der Waals surface area (Å²) >= 11 is 5.91. The fourth-order valence-corrected chi connectivity index (χ4v) is 2.90. The summed E-state index contributed by atoms with van der Waals surface area (Å²) in [4.78, 5) is 12.6. The number of anilines is 1. The average Bonchev–Trinajstić information content (AvgIpc) is 2.74. The first-order chi connectivity index (χ1) is 9.01. The Hall–Kier alpha value is -1.36. The van der Waals surface area contributed by atoms with E-state index in [2.05, 4.69) is 40.3 Å². The van der Waals surface area contributed by atoms with Crippen molar-refractivity contribution in [3.8, 4) is 0 Å². The number of fused-ring (bicyclic) bond motifs is 1. The Morgan fingerprint density at radius 3 is 2.47 bits per heavy atom. The number of nitrogens with zero attached hydrogens (tertiary/aromatic N) is 4. The SMILES string of the molecule is CCCC(C)(CCC)n1cnc2c(N)nc(Cl)nc21. The number of hydrogen-bond donors (Lipinski definition) is 1. The quantitative estimate of drug-likeness (QED) is 0.853. The van der Waals surface area contributed by atoms with Gasteiger partial charge in [-0.15, -0.1) is 0 Å². The maximum absolute atomic E-state index is 5.91. The van der Waals surface area contributed by atoms with Crippen LogP contribution in [0.4, 0.5) is 5.82 Å². The van der Waals surface area contributed by atoms with Gasteiger partial charge in [0, 0.05) is 5.54 Å². The smallest absolute Gasteiger partial charge is 0.226 e. The Kier molecular flexibility index (Phi) is 3.94. The van der Waals surface area contributed by atoms with Crippen LogP contribution in [-0.4, -0.2) is 19.5 Å². The minimum atomic E-state index is -0.0115. The lowest BCUT2D eigenvalue weighted by Crippen LogP contribution is -2.29. The predicted octanol–water partition coefficient (Wildman–Crippen LogP) is 3.38. The van der Waals surface area contributed by atoms with Crippen molar-refractivity contribution in [1.82, 2.24) is 19.5 Å². The van der Waals surface area contributed by atoms with E-state index in [1.54, 1.807) is 6.33 Å². The van der Waals surface area contributed by atoms with Crippen LogP contribution in [0.25, 0.3) is 11.2 Å². The summed E-state index contributed by atoms with van der Waals surface area (Å²) < 4.78 is 2.10. The summed E-state index contributed by atoms with van der Waals surface area (Å²) in [7, 11) is 0. The molecule has 0 unspecified atom stereocenters. The molecule has 0 atom stereocenters. The average molecular weight is 282 g/mol. The lowest BCUT2D eigenvalue weighted by molar-refractivity contribution is 0.271. The first kappa shape index (κ1) is 14.1. The minimum absolute atomic E-state index is 0.0115. The first-order valence-corrected chi connectivity index (χ1v) is 7.06. The Balaban J connectivity index is 2.60. The summed E-state index contributed by atoms with van der Waals surface area (Å²) in [5, 5.41) is 0.169. The van der Waals surface area contributed by atoms with Crippen molar-refractivity contribution in [2.75, 3.05) is 5.73 Å². The van der Waals surface area contributed by atoms with Gasteiger partial charge in [0.1, 0.15) is 5.52 Å². The third-order valence-electron chi connectivity index (χ3n) is 3.55. The van der Waals surface area contributed by atoms with Crippen molar-refractivity contribution in [2.45, 2.75) is 52.0 Å². The molecule has 2 aromatic heterocycles. The molecule has 2 aromatic rings. The van der Waals surface area contributed by atoms with E-state index in [1.165, 1.54) is 0 Å². The highest BCUT2D eigenvalue weighted by molar-refractivity contribution is 6.28. The van der Waals surface area contributed by atoms with E-state index in [4.69, 9.17) is 17.3 Å². The highest BCUT2D eigenvalue weighted by Gasteiger charge is 2.27. The number of nitrogen functional groups attached to an aromatic ring is 1. The zero-order chi connectivity index (χ0) is 14.0. The number of halogens is 1. The van der Waals surface area contributed by atoms with Crippen LogP contribution in [0, 0.1) is 0 Å². The molecule has 0 radical (unpaired) electrons. The molecule has 104 valence electrons. The molecule has 0 aliphatic rings. The lowest BCUT2D eigenvalue weighted by Gasteiger charge is -2.31. The molecule has 2 rings (SSSR count). The molecule has 0 amide bonds. The maximum Gasteiger partial charge on any atom is 0.226 e. The van der Waals surface area contributed by atoms with Gasteiger partial charge in [0.15, 0.2) is 11.5 Å². The normalized spacial score (nSPS) is 12.2. The topological polar surface area (TPSA) is 69.6 Å². The minimum Gasteiger partial charge on any atom is -0.382 e. The van der Waals surface area contributed by atoms with Crippen LogP contribution in [0.15, 0.2) is 6.33 Å². The number of rotatable bonds is 5. The summed E-state index contributed by atoms with van der Waals surface area (Å²) in [5.41, 5.74) is 7.19. The summed E-state index contributed by atoms with van der Waals surface area (Å²) in [5.74, 6) is 0.337. The molecule has 0 aliphatic carbocycles. The highest BCUT2D eigenvalue weighted by Crippen LogP contribution is 2.32. The zero-order valence-corrected chi connectivity index (χ0v) is 12.4. The molecule has 0 bridgehead atoms. The van der Waals surface area contributed by atoms with Gasteiger partial charge in [0.2, 0.25) is 5.28 Å². The van der Waals surface area contributed by atoms with E-state index in [9.17, 15) is 0 Å².